The van der Waals surface area contributed by atoms with Crippen molar-refractivity contribution < 1.29 is 23.5 Å². The number of benzene rings is 3. The molecule has 1 atom stereocenters. The summed E-state index contributed by atoms with van der Waals surface area (Å²) in [6, 6.07) is 19.4. The Morgan fingerprint density at radius 3 is 2.11 bits per heavy atom. The second-order valence-corrected chi connectivity index (χ2v) is 8.59. The van der Waals surface area contributed by atoms with Crippen molar-refractivity contribution in [3.63, 3.8) is 0 Å². The van der Waals surface area contributed by atoms with E-state index in [-0.39, 0.29) is 18.2 Å². The summed E-state index contributed by atoms with van der Waals surface area (Å²) in [4.78, 5) is 29.6. The summed E-state index contributed by atoms with van der Waals surface area (Å²) in [5.41, 5.74) is 2.09. The largest absolute Gasteiger partial charge is 0.497 e. The number of halogens is 1. The molecule has 9 heteroatoms. The van der Waals surface area contributed by atoms with Gasteiger partial charge in [-0.3, -0.25) is 14.5 Å². The van der Waals surface area contributed by atoms with E-state index in [0.717, 1.165) is 11.3 Å². The van der Waals surface area contributed by atoms with Gasteiger partial charge in [0.25, 0.3) is 5.91 Å². The fourth-order valence-corrected chi connectivity index (χ4v) is 4.43. The first-order chi connectivity index (χ1) is 17.4. The number of carbonyl (C=O) groups is 2. The van der Waals surface area contributed by atoms with Crippen LogP contribution in [0.4, 0.5) is 15.8 Å². The highest BCUT2D eigenvalue weighted by atomic mass is 32.1. The molecular formula is C27H26FN3O4S. The van der Waals surface area contributed by atoms with E-state index < -0.39 is 11.9 Å². The quantitative estimate of drug-likeness (QED) is 0.433. The topological polar surface area (TPSA) is 71.1 Å². The fourth-order valence-electron chi connectivity index (χ4n) is 4.02. The lowest BCUT2D eigenvalue weighted by atomic mass is 10.1. The van der Waals surface area contributed by atoms with Crippen molar-refractivity contribution in [2.75, 3.05) is 31.0 Å². The Balaban J connectivity index is 1.54. The Hall–Kier alpha value is -3.98. The molecule has 2 amide bonds. The molecule has 0 radical (unpaired) electrons. The fraction of sp³-hybridized carbons (Fsp3) is 0.222. The van der Waals surface area contributed by atoms with Crippen molar-refractivity contribution in [1.82, 2.24) is 4.90 Å². The molecule has 1 heterocycles. The SMILES string of the molecule is COc1ccc(CCN2C(=S)N(c3ccc(OC)cc3)C(=O)[C@@H]2CC(=O)Nc2ccc(F)cc2)cc1. The van der Waals surface area contributed by atoms with Gasteiger partial charge in [-0.2, -0.15) is 0 Å². The molecule has 1 aliphatic rings. The number of rotatable bonds is 9. The van der Waals surface area contributed by atoms with Crippen molar-refractivity contribution >= 4 is 40.5 Å². The molecule has 1 fully saturated rings. The van der Waals surface area contributed by atoms with Crippen molar-refractivity contribution in [3.05, 3.63) is 84.2 Å². The van der Waals surface area contributed by atoms with Crippen LogP contribution in [0.1, 0.15) is 12.0 Å². The average molecular weight is 508 g/mol. The maximum atomic E-state index is 13.5. The number of anilines is 2. The van der Waals surface area contributed by atoms with Gasteiger partial charge in [-0.1, -0.05) is 12.1 Å². The molecule has 7 nitrogen and oxygen atoms in total. The molecule has 0 saturated carbocycles. The lowest BCUT2D eigenvalue weighted by Gasteiger charge is -2.24. The summed E-state index contributed by atoms with van der Waals surface area (Å²) in [5.74, 6) is 0.363. The van der Waals surface area contributed by atoms with Crippen LogP contribution >= 0.6 is 12.2 Å². The first kappa shape index (κ1) is 25.1. The average Bonchev–Trinajstić information content (AvgIpc) is 3.12. The van der Waals surface area contributed by atoms with Gasteiger partial charge < -0.3 is 19.7 Å². The smallest absolute Gasteiger partial charge is 0.256 e. The molecule has 1 N–H and O–H groups in total. The van der Waals surface area contributed by atoms with Crippen LogP contribution in [0.2, 0.25) is 0 Å². The van der Waals surface area contributed by atoms with Gasteiger partial charge >= 0.3 is 0 Å². The molecule has 3 aromatic rings. The van der Waals surface area contributed by atoms with Gasteiger partial charge in [-0.05, 0) is 84.9 Å². The molecule has 0 aromatic heterocycles. The zero-order valence-corrected chi connectivity index (χ0v) is 20.8. The van der Waals surface area contributed by atoms with E-state index in [9.17, 15) is 14.0 Å². The standard InChI is InChI=1S/C27H26FN3O4S/c1-34-22-11-3-18(4-12-22)15-16-30-24(17-25(32)29-20-7-5-19(28)6-8-20)26(33)31(27(30)36)21-9-13-23(35-2)14-10-21/h3-14,24H,15-17H2,1-2H3,(H,29,32)/t24-/m0/s1. The number of ether oxygens (including phenoxy) is 2. The summed E-state index contributed by atoms with van der Waals surface area (Å²) in [6.07, 6.45) is 0.509. The molecule has 0 bridgehead atoms. The van der Waals surface area contributed by atoms with Crippen LogP contribution in [0.3, 0.4) is 0 Å². The third-order valence-electron chi connectivity index (χ3n) is 5.96. The highest BCUT2D eigenvalue weighted by Gasteiger charge is 2.43. The highest BCUT2D eigenvalue weighted by molar-refractivity contribution is 7.80. The number of hydrogen-bond acceptors (Lipinski definition) is 5. The van der Waals surface area contributed by atoms with Crippen LogP contribution in [-0.4, -0.2) is 48.6 Å². The first-order valence-electron chi connectivity index (χ1n) is 11.4. The van der Waals surface area contributed by atoms with Crippen LogP contribution in [0.5, 0.6) is 11.5 Å². The predicted octanol–water partition coefficient (Wildman–Crippen LogP) is 4.42. The zero-order chi connectivity index (χ0) is 25.7. The number of methoxy groups -OCH3 is 2. The minimum atomic E-state index is -0.779. The van der Waals surface area contributed by atoms with E-state index in [4.69, 9.17) is 21.7 Å². The van der Waals surface area contributed by atoms with Crippen molar-refractivity contribution in [1.29, 1.82) is 0 Å². The molecule has 1 aliphatic heterocycles. The lowest BCUT2D eigenvalue weighted by Crippen LogP contribution is -2.39. The van der Waals surface area contributed by atoms with Gasteiger partial charge in [-0.25, -0.2) is 4.39 Å². The Morgan fingerprint density at radius 1 is 0.944 bits per heavy atom. The molecule has 0 aliphatic carbocycles. The van der Waals surface area contributed by atoms with E-state index in [1.165, 1.54) is 29.2 Å². The van der Waals surface area contributed by atoms with Crippen LogP contribution in [-0.2, 0) is 16.0 Å². The van der Waals surface area contributed by atoms with E-state index in [1.54, 1.807) is 43.4 Å². The molecule has 36 heavy (non-hydrogen) atoms. The maximum Gasteiger partial charge on any atom is 0.256 e. The van der Waals surface area contributed by atoms with Gasteiger partial charge in [0, 0.05) is 12.2 Å². The summed E-state index contributed by atoms with van der Waals surface area (Å²) in [7, 11) is 3.18. The molecule has 4 rings (SSSR count). The molecular weight excluding hydrogens is 481 g/mol. The van der Waals surface area contributed by atoms with Crippen molar-refractivity contribution in [3.8, 4) is 11.5 Å². The van der Waals surface area contributed by atoms with Crippen LogP contribution in [0.25, 0.3) is 0 Å². The van der Waals surface area contributed by atoms with Crippen LogP contribution in [0.15, 0.2) is 72.8 Å². The molecule has 0 unspecified atom stereocenters. The highest BCUT2D eigenvalue weighted by Crippen LogP contribution is 2.29. The van der Waals surface area contributed by atoms with Crippen LogP contribution in [0, 0.1) is 5.82 Å². The molecule has 0 spiro atoms. The third kappa shape index (κ3) is 5.63. The summed E-state index contributed by atoms with van der Waals surface area (Å²) < 4.78 is 23.7. The Bertz CT molecular complexity index is 1230. The Labute approximate surface area is 214 Å². The van der Waals surface area contributed by atoms with Gasteiger partial charge in [0.1, 0.15) is 23.4 Å². The molecule has 186 valence electrons. The Kier molecular flexibility index (Phi) is 7.80. The molecule has 1 saturated heterocycles. The second kappa shape index (κ2) is 11.2. The summed E-state index contributed by atoms with van der Waals surface area (Å²) >= 11 is 5.72. The van der Waals surface area contributed by atoms with Gasteiger partial charge in [0.2, 0.25) is 5.91 Å². The maximum absolute atomic E-state index is 13.5. The van der Waals surface area contributed by atoms with E-state index in [2.05, 4.69) is 5.32 Å². The van der Waals surface area contributed by atoms with Crippen LogP contribution < -0.4 is 19.7 Å². The summed E-state index contributed by atoms with van der Waals surface area (Å²) in [6.45, 7) is 0.443. The predicted molar refractivity (Wildman–Crippen MR) is 140 cm³/mol. The lowest BCUT2D eigenvalue weighted by molar-refractivity contribution is -0.124. The number of thiocarbonyl (C=S) groups is 1. The summed E-state index contributed by atoms with van der Waals surface area (Å²) in [5, 5.41) is 3.06. The first-order valence-corrected chi connectivity index (χ1v) is 11.8. The monoisotopic (exact) mass is 507 g/mol. The number of carbonyl (C=O) groups excluding carboxylic acids is 2. The zero-order valence-electron chi connectivity index (χ0n) is 19.9. The second-order valence-electron chi connectivity index (χ2n) is 8.22. The van der Waals surface area contributed by atoms with Gasteiger partial charge in [-0.15, -0.1) is 0 Å². The van der Waals surface area contributed by atoms with Gasteiger partial charge in [0.05, 0.1) is 26.3 Å². The minimum absolute atomic E-state index is 0.106. The van der Waals surface area contributed by atoms with E-state index >= 15 is 0 Å². The Morgan fingerprint density at radius 2 is 1.53 bits per heavy atom. The number of nitrogens with zero attached hydrogens (tertiary/aromatic N) is 2. The van der Waals surface area contributed by atoms with E-state index in [0.29, 0.717) is 35.2 Å². The third-order valence-corrected chi connectivity index (χ3v) is 6.37. The van der Waals surface area contributed by atoms with Gasteiger partial charge in [0.15, 0.2) is 5.11 Å². The van der Waals surface area contributed by atoms with Crippen molar-refractivity contribution in [2.45, 2.75) is 18.9 Å². The van der Waals surface area contributed by atoms with Crippen molar-refractivity contribution in [2.24, 2.45) is 0 Å². The number of nitrogens with one attached hydrogen (secondary N) is 1. The normalized spacial score (nSPS) is 15.2. The number of hydrogen-bond donors (Lipinski definition) is 1. The minimum Gasteiger partial charge on any atom is -0.497 e. The number of amides is 2. The van der Waals surface area contributed by atoms with E-state index in [1.807, 2.05) is 24.3 Å². The molecule has 3 aromatic carbocycles.